The maximum absolute atomic E-state index is 11.8. The number of nitrogens with zero attached hydrogens (tertiary/aromatic N) is 1. The largest absolute Gasteiger partial charge is 0.355 e. The number of rotatable bonds is 4. The van der Waals surface area contributed by atoms with Crippen LogP contribution in [-0.2, 0) is 9.59 Å². The third kappa shape index (κ3) is 3.19. The monoisotopic (exact) mass is 239 g/mol. The van der Waals surface area contributed by atoms with Gasteiger partial charge in [0.1, 0.15) is 0 Å². The molecule has 0 aromatic rings. The minimum absolute atomic E-state index is 0.0109. The summed E-state index contributed by atoms with van der Waals surface area (Å²) in [6.07, 6.45) is 1.51. The van der Waals surface area contributed by atoms with Crippen molar-refractivity contribution in [3.63, 3.8) is 0 Å². The van der Waals surface area contributed by atoms with Gasteiger partial charge in [-0.2, -0.15) is 0 Å². The summed E-state index contributed by atoms with van der Waals surface area (Å²) in [7, 11) is 0. The first-order valence-corrected chi connectivity index (χ1v) is 6.45. The Bertz CT molecular complexity index is 306. The Kier molecular flexibility index (Phi) is 3.99. The highest BCUT2D eigenvalue weighted by Gasteiger charge is 2.28. The highest BCUT2D eigenvalue weighted by atomic mass is 16.2. The second-order valence-electron chi connectivity index (χ2n) is 5.00. The predicted molar refractivity (Wildman–Crippen MR) is 64.3 cm³/mol. The lowest BCUT2D eigenvalue weighted by atomic mass is 10.1. The number of carbonyl (C=O) groups is 2. The molecule has 2 aliphatic rings. The van der Waals surface area contributed by atoms with Gasteiger partial charge in [0, 0.05) is 26.1 Å². The molecule has 5 heteroatoms. The molecule has 5 nitrogen and oxygen atoms in total. The Morgan fingerprint density at radius 2 is 2.41 bits per heavy atom. The lowest BCUT2D eigenvalue weighted by molar-refractivity contribution is -0.126. The molecule has 0 aromatic carbocycles. The van der Waals surface area contributed by atoms with E-state index in [9.17, 15) is 9.59 Å². The van der Waals surface area contributed by atoms with Crippen LogP contribution < -0.4 is 10.6 Å². The molecule has 0 bridgehead atoms. The molecule has 2 amide bonds. The van der Waals surface area contributed by atoms with Crippen LogP contribution in [0.1, 0.15) is 19.8 Å². The van der Waals surface area contributed by atoms with Gasteiger partial charge in [-0.05, 0) is 25.4 Å². The van der Waals surface area contributed by atoms with Gasteiger partial charge in [-0.1, -0.05) is 6.92 Å². The summed E-state index contributed by atoms with van der Waals surface area (Å²) in [5.41, 5.74) is 0. The smallest absolute Gasteiger partial charge is 0.225 e. The van der Waals surface area contributed by atoms with E-state index >= 15 is 0 Å². The molecular formula is C12H21N3O2. The van der Waals surface area contributed by atoms with Gasteiger partial charge in [-0.25, -0.2) is 0 Å². The summed E-state index contributed by atoms with van der Waals surface area (Å²) in [5, 5.41) is 5.66. The van der Waals surface area contributed by atoms with Crippen molar-refractivity contribution in [1.82, 2.24) is 15.5 Å². The zero-order chi connectivity index (χ0) is 12.3. The quantitative estimate of drug-likeness (QED) is 0.700. The SMILES string of the molecule is CCN1CCC(CNC(=O)C2CNC(=O)C2)C1. The summed E-state index contributed by atoms with van der Waals surface area (Å²) in [6, 6.07) is 0. The van der Waals surface area contributed by atoms with Gasteiger partial charge in [0.25, 0.3) is 0 Å². The highest BCUT2D eigenvalue weighted by molar-refractivity contribution is 5.89. The molecule has 2 N–H and O–H groups in total. The van der Waals surface area contributed by atoms with Gasteiger partial charge in [-0.15, -0.1) is 0 Å². The van der Waals surface area contributed by atoms with E-state index < -0.39 is 0 Å². The molecule has 17 heavy (non-hydrogen) atoms. The number of carbonyl (C=O) groups excluding carboxylic acids is 2. The Morgan fingerprint density at radius 1 is 1.59 bits per heavy atom. The molecule has 0 saturated carbocycles. The van der Waals surface area contributed by atoms with Gasteiger partial charge >= 0.3 is 0 Å². The van der Waals surface area contributed by atoms with E-state index in [1.54, 1.807) is 0 Å². The fourth-order valence-corrected chi connectivity index (χ4v) is 2.55. The van der Waals surface area contributed by atoms with Crippen LogP contribution in [0.2, 0.25) is 0 Å². The summed E-state index contributed by atoms with van der Waals surface area (Å²) in [5.74, 6) is 0.427. The van der Waals surface area contributed by atoms with Crippen LogP contribution in [-0.4, -0.2) is 49.4 Å². The zero-order valence-corrected chi connectivity index (χ0v) is 10.4. The first-order valence-electron chi connectivity index (χ1n) is 6.45. The van der Waals surface area contributed by atoms with Crippen molar-refractivity contribution in [3.8, 4) is 0 Å². The van der Waals surface area contributed by atoms with E-state index in [1.807, 2.05) is 0 Å². The van der Waals surface area contributed by atoms with Crippen LogP contribution in [0.4, 0.5) is 0 Å². The number of nitrogens with one attached hydrogen (secondary N) is 2. The Balaban J connectivity index is 1.68. The van der Waals surface area contributed by atoms with E-state index in [0.29, 0.717) is 18.9 Å². The minimum Gasteiger partial charge on any atom is -0.355 e. The summed E-state index contributed by atoms with van der Waals surface area (Å²) in [6.45, 7) is 6.72. The molecule has 0 aliphatic carbocycles. The molecule has 96 valence electrons. The molecule has 2 saturated heterocycles. The molecule has 2 atom stereocenters. The topological polar surface area (TPSA) is 61.4 Å². The molecule has 0 aromatic heterocycles. The second kappa shape index (κ2) is 5.49. The number of hydrogen-bond donors (Lipinski definition) is 2. The van der Waals surface area contributed by atoms with E-state index in [0.717, 1.165) is 32.6 Å². The lowest BCUT2D eigenvalue weighted by Gasteiger charge is -2.15. The predicted octanol–water partition coefficient (Wildman–Crippen LogP) is -0.419. The first-order chi connectivity index (χ1) is 8.19. The van der Waals surface area contributed by atoms with Gasteiger partial charge < -0.3 is 15.5 Å². The molecular weight excluding hydrogens is 218 g/mol. The van der Waals surface area contributed by atoms with Crippen molar-refractivity contribution < 1.29 is 9.59 Å². The molecule has 0 spiro atoms. The average molecular weight is 239 g/mol. The van der Waals surface area contributed by atoms with Gasteiger partial charge in [0.2, 0.25) is 11.8 Å². The highest BCUT2D eigenvalue weighted by Crippen LogP contribution is 2.15. The van der Waals surface area contributed by atoms with Crippen molar-refractivity contribution in [1.29, 1.82) is 0 Å². The van der Waals surface area contributed by atoms with Crippen LogP contribution in [0.5, 0.6) is 0 Å². The van der Waals surface area contributed by atoms with E-state index in [2.05, 4.69) is 22.5 Å². The van der Waals surface area contributed by atoms with E-state index in [4.69, 9.17) is 0 Å². The Hall–Kier alpha value is -1.10. The van der Waals surface area contributed by atoms with E-state index in [-0.39, 0.29) is 17.7 Å². The number of amides is 2. The Morgan fingerprint density at radius 3 is 3.00 bits per heavy atom. The van der Waals surface area contributed by atoms with Crippen LogP contribution in [0, 0.1) is 11.8 Å². The molecule has 2 rings (SSSR count). The maximum atomic E-state index is 11.8. The standard InChI is InChI=1S/C12H21N3O2/c1-2-15-4-3-9(8-15)6-14-12(17)10-5-11(16)13-7-10/h9-10H,2-8H2,1H3,(H,13,16)(H,14,17). The van der Waals surface area contributed by atoms with E-state index in [1.165, 1.54) is 0 Å². The second-order valence-corrected chi connectivity index (χ2v) is 5.00. The average Bonchev–Trinajstić information content (AvgIpc) is 2.94. The molecule has 0 radical (unpaired) electrons. The number of likely N-dealkylation sites (tertiary alicyclic amines) is 1. The first kappa shape index (κ1) is 12.4. The molecule has 2 aliphatic heterocycles. The summed E-state index contributed by atoms with van der Waals surface area (Å²) in [4.78, 5) is 25.2. The maximum Gasteiger partial charge on any atom is 0.225 e. The third-order valence-electron chi connectivity index (χ3n) is 3.73. The number of hydrogen-bond acceptors (Lipinski definition) is 3. The molecule has 2 unspecified atom stereocenters. The van der Waals surface area contributed by atoms with Gasteiger partial charge in [-0.3, -0.25) is 9.59 Å². The molecule has 2 fully saturated rings. The zero-order valence-electron chi connectivity index (χ0n) is 10.4. The van der Waals surface area contributed by atoms with Gasteiger partial charge in [0.05, 0.1) is 5.92 Å². The van der Waals surface area contributed by atoms with Crippen molar-refractivity contribution in [3.05, 3.63) is 0 Å². The molecule has 2 heterocycles. The van der Waals surface area contributed by atoms with Crippen molar-refractivity contribution >= 4 is 11.8 Å². The van der Waals surface area contributed by atoms with Gasteiger partial charge in [0.15, 0.2) is 0 Å². The lowest BCUT2D eigenvalue weighted by Crippen LogP contribution is -2.36. The normalized spacial score (nSPS) is 29.4. The van der Waals surface area contributed by atoms with Crippen LogP contribution in [0.3, 0.4) is 0 Å². The summed E-state index contributed by atoms with van der Waals surface area (Å²) >= 11 is 0. The van der Waals surface area contributed by atoms with Crippen LogP contribution in [0.15, 0.2) is 0 Å². The van der Waals surface area contributed by atoms with Crippen LogP contribution >= 0.6 is 0 Å². The third-order valence-corrected chi connectivity index (χ3v) is 3.73. The fraction of sp³-hybridized carbons (Fsp3) is 0.833. The van der Waals surface area contributed by atoms with Crippen molar-refractivity contribution in [2.24, 2.45) is 11.8 Å². The van der Waals surface area contributed by atoms with Crippen molar-refractivity contribution in [2.75, 3.05) is 32.7 Å². The van der Waals surface area contributed by atoms with Crippen molar-refractivity contribution in [2.45, 2.75) is 19.8 Å². The van der Waals surface area contributed by atoms with Crippen LogP contribution in [0.25, 0.3) is 0 Å². The Labute approximate surface area is 102 Å². The fourth-order valence-electron chi connectivity index (χ4n) is 2.55. The summed E-state index contributed by atoms with van der Waals surface area (Å²) < 4.78 is 0. The minimum atomic E-state index is -0.161.